The van der Waals surface area contributed by atoms with Crippen LogP contribution in [-0.4, -0.2) is 35.0 Å². The molecule has 1 fully saturated rings. The summed E-state index contributed by atoms with van der Waals surface area (Å²) in [6.07, 6.45) is -1.17. The molecular weight excluding hydrogens is 369 g/mol. The first kappa shape index (κ1) is 20.1. The highest BCUT2D eigenvalue weighted by Gasteiger charge is 2.34. The minimum absolute atomic E-state index is 0.0512. The number of carbonyl (C=O) groups is 1. The lowest BCUT2D eigenvalue weighted by Crippen LogP contribution is -2.38. The molecule has 1 N–H and O–H groups in total. The van der Waals surface area contributed by atoms with E-state index in [1.54, 1.807) is 0 Å². The van der Waals surface area contributed by atoms with E-state index in [1.165, 1.54) is 18.0 Å². The van der Waals surface area contributed by atoms with Gasteiger partial charge in [0, 0.05) is 19.1 Å². The Hall–Kier alpha value is -2.64. The number of anilines is 1. The van der Waals surface area contributed by atoms with Crippen molar-refractivity contribution >= 4 is 11.6 Å². The third-order valence-corrected chi connectivity index (χ3v) is 4.82. The molecular formula is C20H23F3N4O. The molecule has 8 heteroatoms. The van der Waals surface area contributed by atoms with E-state index in [4.69, 9.17) is 0 Å². The van der Waals surface area contributed by atoms with Crippen LogP contribution in [-0.2, 0) is 17.4 Å². The number of nitrogens with one attached hydrogen (secondary N) is 1. The van der Waals surface area contributed by atoms with Gasteiger partial charge in [0.25, 0.3) is 0 Å². The Balaban J connectivity index is 1.52. The summed E-state index contributed by atoms with van der Waals surface area (Å²) < 4.78 is 37.7. The van der Waals surface area contributed by atoms with Crippen LogP contribution in [0.25, 0.3) is 0 Å². The summed E-state index contributed by atoms with van der Waals surface area (Å²) in [6.45, 7) is 5.39. The Bertz CT molecular complexity index is 804. The molecule has 0 radical (unpaired) electrons. The van der Waals surface area contributed by atoms with Crippen molar-refractivity contribution in [3.63, 3.8) is 0 Å². The van der Waals surface area contributed by atoms with Gasteiger partial charge in [-0.05, 0) is 23.5 Å². The lowest BCUT2D eigenvalue weighted by molar-refractivity contribution is -0.145. The number of rotatable bonds is 5. The summed E-state index contributed by atoms with van der Waals surface area (Å²) in [7, 11) is 0. The van der Waals surface area contributed by atoms with Crippen LogP contribution in [0.15, 0.2) is 36.7 Å². The number of aromatic nitrogens is 2. The van der Waals surface area contributed by atoms with Crippen molar-refractivity contribution in [2.24, 2.45) is 0 Å². The second-order valence-electron chi connectivity index (χ2n) is 7.33. The largest absolute Gasteiger partial charge is 0.451 e. The topological polar surface area (TPSA) is 58.1 Å². The van der Waals surface area contributed by atoms with Gasteiger partial charge in [0.15, 0.2) is 0 Å². The normalized spacial score (nSPS) is 17.2. The SMILES string of the molecule is CC(C)c1ccc(CC(=O)NC2CCN(c3cnc(C(F)(F)F)nc3)C2)cc1. The Morgan fingerprint density at radius 1 is 1.21 bits per heavy atom. The van der Waals surface area contributed by atoms with Gasteiger partial charge in [-0.1, -0.05) is 38.1 Å². The average molecular weight is 392 g/mol. The molecule has 0 saturated carbocycles. The van der Waals surface area contributed by atoms with Gasteiger partial charge < -0.3 is 10.2 Å². The zero-order valence-corrected chi connectivity index (χ0v) is 15.8. The number of benzene rings is 1. The zero-order valence-electron chi connectivity index (χ0n) is 15.8. The van der Waals surface area contributed by atoms with Gasteiger partial charge in [0.2, 0.25) is 11.7 Å². The molecule has 0 aliphatic carbocycles. The molecule has 1 atom stereocenters. The zero-order chi connectivity index (χ0) is 20.3. The van der Waals surface area contributed by atoms with Gasteiger partial charge in [0.1, 0.15) is 0 Å². The van der Waals surface area contributed by atoms with E-state index in [0.29, 0.717) is 31.1 Å². The van der Waals surface area contributed by atoms with Crippen LogP contribution in [0.4, 0.5) is 18.9 Å². The van der Waals surface area contributed by atoms with E-state index in [9.17, 15) is 18.0 Å². The van der Waals surface area contributed by atoms with E-state index in [1.807, 2.05) is 29.2 Å². The van der Waals surface area contributed by atoms with E-state index in [2.05, 4.69) is 29.1 Å². The van der Waals surface area contributed by atoms with Gasteiger partial charge >= 0.3 is 6.18 Å². The van der Waals surface area contributed by atoms with Gasteiger partial charge in [-0.15, -0.1) is 0 Å². The predicted octanol–water partition coefficient (Wildman–Crippen LogP) is 3.56. The molecule has 1 aliphatic rings. The monoisotopic (exact) mass is 392 g/mol. The van der Waals surface area contributed by atoms with Crippen LogP contribution < -0.4 is 10.2 Å². The molecule has 0 spiro atoms. The molecule has 2 heterocycles. The first-order chi connectivity index (χ1) is 13.2. The molecule has 2 aromatic rings. The predicted molar refractivity (Wildman–Crippen MR) is 100 cm³/mol. The van der Waals surface area contributed by atoms with Crippen LogP contribution in [0.2, 0.25) is 0 Å². The van der Waals surface area contributed by atoms with Crippen molar-refractivity contribution in [3.8, 4) is 0 Å². The van der Waals surface area contributed by atoms with E-state index >= 15 is 0 Å². The minimum atomic E-state index is -4.55. The van der Waals surface area contributed by atoms with Crippen molar-refractivity contribution in [3.05, 3.63) is 53.6 Å². The number of hydrogen-bond acceptors (Lipinski definition) is 4. The first-order valence-corrected chi connectivity index (χ1v) is 9.25. The molecule has 1 aromatic carbocycles. The number of halogens is 3. The van der Waals surface area contributed by atoms with Gasteiger partial charge in [-0.3, -0.25) is 4.79 Å². The highest BCUT2D eigenvalue weighted by Crippen LogP contribution is 2.27. The molecule has 1 unspecified atom stereocenters. The smallest absolute Gasteiger partial charge is 0.367 e. The number of amides is 1. The van der Waals surface area contributed by atoms with E-state index in [-0.39, 0.29) is 11.9 Å². The Labute approximate surface area is 162 Å². The molecule has 28 heavy (non-hydrogen) atoms. The maximum absolute atomic E-state index is 12.6. The third kappa shape index (κ3) is 4.99. The summed E-state index contributed by atoms with van der Waals surface area (Å²) >= 11 is 0. The third-order valence-electron chi connectivity index (χ3n) is 4.82. The second-order valence-corrected chi connectivity index (χ2v) is 7.33. The number of hydrogen-bond donors (Lipinski definition) is 1. The maximum atomic E-state index is 12.6. The van der Waals surface area contributed by atoms with Gasteiger partial charge in [-0.2, -0.15) is 13.2 Å². The lowest BCUT2D eigenvalue weighted by Gasteiger charge is -2.18. The number of alkyl halides is 3. The molecule has 1 aliphatic heterocycles. The molecule has 1 saturated heterocycles. The minimum Gasteiger partial charge on any atom is -0.367 e. The van der Waals surface area contributed by atoms with Crippen LogP contribution in [0.1, 0.15) is 43.1 Å². The van der Waals surface area contributed by atoms with Crippen molar-refractivity contribution in [1.82, 2.24) is 15.3 Å². The van der Waals surface area contributed by atoms with Crippen LogP contribution in [0, 0.1) is 0 Å². The fourth-order valence-electron chi connectivity index (χ4n) is 3.23. The summed E-state index contributed by atoms with van der Waals surface area (Å²) in [5, 5.41) is 3.00. The fraction of sp³-hybridized carbons (Fsp3) is 0.450. The lowest BCUT2D eigenvalue weighted by atomic mass is 10.0. The first-order valence-electron chi connectivity index (χ1n) is 9.25. The van der Waals surface area contributed by atoms with Crippen molar-refractivity contribution < 1.29 is 18.0 Å². The highest BCUT2D eigenvalue weighted by atomic mass is 19.4. The number of nitrogens with zero attached hydrogens (tertiary/aromatic N) is 3. The molecule has 150 valence electrons. The average Bonchev–Trinajstić information content (AvgIpc) is 3.10. The fourth-order valence-corrected chi connectivity index (χ4v) is 3.23. The summed E-state index contributed by atoms with van der Waals surface area (Å²) in [5.41, 5.74) is 2.70. The van der Waals surface area contributed by atoms with E-state index < -0.39 is 12.0 Å². The molecule has 5 nitrogen and oxygen atoms in total. The summed E-state index contributed by atoms with van der Waals surface area (Å²) in [6, 6.07) is 7.96. The van der Waals surface area contributed by atoms with Crippen LogP contribution in [0.5, 0.6) is 0 Å². The standard InChI is InChI=1S/C20H23F3N4O/c1-13(2)15-5-3-14(4-6-15)9-18(28)26-16-7-8-27(12-16)17-10-24-19(25-11-17)20(21,22)23/h3-6,10-11,13,16H,7-9,12H2,1-2H3,(H,26,28). The van der Waals surface area contributed by atoms with Gasteiger partial charge in [0.05, 0.1) is 24.5 Å². The molecule has 1 aromatic heterocycles. The van der Waals surface area contributed by atoms with Gasteiger partial charge in [-0.25, -0.2) is 9.97 Å². The number of carbonyl (C=O) groups excluding carboxylic acids is 1. The van der Waals surface area contributed by atoms with Crippen molar-refractivity contribution in [1.29, 1.82) is 0 Å². The Morgan fingerprint density at radius 2 is 1.86 bits per heavy atom. The Kier molecular flexibility index (Phi) is 5.86. The van der Waals surface area contributed by atoms with Crippen molar-refractivity contribution in [2.45, 2.75) is 44.8 Å². The highest BCUT2D eigenvalue weighted by molar-refractivity contribution is 5.79. The molecule has 3 rings (SSSR count). The van der Waals surface area contributed by atoms with Crippen LogP contribution >= 0.6 is 0 Å². The summed E-state index contributed by atoms with van der Waals surface area (Å²) in [5.74, 6) is -0.766. The Morgan fingerprint density at radius 3 is 2.43 bits per heavy atom. The summed E-state index contributed by atoms with van der Waals surface area (Å²) in [4.78, 5) is 21.0. The van der Waals surface area contributed by atoms with Crippen molar-refractivity contribution in [2.75, 3.05) is 18.0 Å². The molecule has 1 amide bonds. The maximum Gasteiger partial charge on any atom is 0.451 e. The molecule has 0 bridgehead atoms. The second kappa shape index (κ2) is 8.16. The quantitative estimate of drug-likeness (QED) is 0.845. The van der Waals surface area contributed by atoms with Crippen LogP contribution in [0.3, 0.4) is 0 Å². The van der Waals surface area contributed by atoms with E-state index in [0.717, 1.165) is 12.0 Å².